The Morgan fingerprint density at radius 2 is 2.08 bits per heavy atom. The van der Waals surface area contributed by atoms with Crippen molar-refractivity contribution in [2.45, 2.75) is 51.0 Å². The highest BCUT2D eigenvalue weighted by Gasteiger charge is 2.44. The zero-order valence-electron chi connectivity index (χ0n) is 15.8. The Morgan fingerprint density at radius 1 is 1.31 bits per heavy atom. The van der Waals surface area contributed by atoms with Gasteiger partial charge in [-0.05, 0) is 30.5 Å². The summed E-state index contributed by atoms with van der Waals surface area (Å²) in [5, 5.41) is 10.5. The van der Waals surface area contributed by atoms with Crippen molar-refractivity contribution >= 4 is 5.96 Å². The Labute approximate surface area is 153 Å². The largest absolute Gasteiger partial charge is 0.356 e. The van der Waals surface area contributed by atoms with Gasteiger partial charge in [-0.1, -0.05) is 38.1 Å². The number of nitrogens with one attached hydrogen (secondary N) is 2. The average Bonchev–Trinajstić information content (AvgIpc) is 3.22. The van der Waals surface area contributed by atoms with E-state index in [1.54, 1.807) is 19.2 Å². The number of guanidine groups is 1. The molecule has 1 aliphatic rings. The van der Waals surface area contributed by atoms with Gasteiger partial charge >= 0.3 is 0 Å². The fourth-order valence-corrected chi connectivity index (χ4v) is 2.80. The van der Waals surface area contributed by atoms with Crippen molar-refractivity contribution < 1.29 is 8.91 Å². The summed E-state index contributed by atoms with van der Waals surface area (Å²) in [5.41, 5.74) is 0.855. The molecular weight excluding hydrogens is 333 g/mol. The van der Waals surface area contributed by atoms with Crippen molar-refractivity contribution in [2.24, 2.45) is 4.99 Å². The van der Waals surface area contributed by atoms with Crippen LogP contribution in [0.2, 0.25) is 0 Å². The molecule has 3 rings (SSSR count). The van der Waals surface area contributed by atoms with Crippen LogP contribution < -0.4 is 10.6 Å². The number of rotatable bonds is 5. The number of halogens is 1. The van der Waals surface area contributed by atoms with Crippen LogP contribution >= 0.6 is 0 Å². The van der Waals surface area contributed by atoms with Crippen molar-refractivity contribution in [2.75, 3.05) is 13.6 Å². The maximum atomic E-state index is 13.5. The molecule has 140 valence electrons. The van der Waals surface area contributed by atoms with Gasteiger partial charge < -0.3 is 15.2 Å². The second-order valence-electron chi connectivity index (χ2n) is 7.84. The van der Waals surface area contributed by atoms with E-state index in [0.717, 1.165) is 18.4 Å². The molecule has 26 heavy (non-hydrogen) atoms. The molecule has 1 aromatic carbocycles. The van der Waals surface area contributed by atoms with E-state index in [0.29, 0.717) is 30.8 Å². The van der Waals surface area contributed by atoms with E-state index in [2.05, 4.69) is 25.8 Å². The van der Waals surface area contributed by atoms with Gasteiger partial charge in [0.1, 0.15) is 5.82 Å². The van der Waals surface area contributed by atoms with E-state index in [1.807, 2.05) is 26.8 Å². The van der Waals surface area contributed by atoms with Crippen molar-refractivity contribution in [1.29, 1.82) is 0 Å². The fourth-order valence-electron chi connectivity index (χ4n) is 2.80. The molecule has 2 N–H and O–H groups in total. The van der Waals surface area contributed by atoms with Gasteiger partial charge in [-0.25, -0.2) is 4.39 Å². The summed E-state index contributed by atoms with van der Waals surface area (Å²) in [7, 11) is 1.72. The van der Waals surface area contributed by atoms with Gasteiger partial charge in [0.05, 0.1) is 6.54 Å². The lowest BCUT2D eigenvalue weighted by Gasteiger charge is -2.18. The van der Waals surface area contributed by atoms with E-state index in [-0.39, 0.29) is 16.6 Å². The van der Waals surface area contributed by atoms with Gasteiger partial charge in [-0.15, -0.1) is 0 Å². The number of benzene rings is 1. The highest BCUT2D eigenvalue weighted by molar-refractivity contribution is 5.79. The molecule has 7 heteroatoms. The Hall–Kier alpha value is -2.44. The van der Waals surface area contributed by atoms with E-state index >= 15 is 0 Å². The molecule has 1 aromatic heterocycles. The van der Waals surface area contributed by atoms with Crippen LogP contribution in [0, 0.1) is 5.82 Å². The van der Waals surface area contributed by atoms with E-state index < -0.39 is 0 Å². The second-order valence-corrected chi connectivity index (χ2v) is 7.84. The number of aromatic nitrogens is 2. The summed E-state index contributed by atoms with van der Waals surface area (Å²) in [5.74, 6) is 1.67. The minimum absolute atomic E-state index is 0.00867. The van der Waals surface area contributed by atoms with Crippen molar-refractivity contribution in [3.63, 3.8) is 0 Å². The molecule has 0 spiro atoms. The lowest BCUT2D eigenvalue weighted by molar-refractivity contribution is 0.318. The summed E-state index contributed by atoms with van der Waals surface area (Å²) in [6, 6.07) is 6.85. The van der Waals surface area contributed by atoms with Crippen LogP contribution in [0.4, 0.5) is 4.39 Å². The Kier molecular flexibility index (Phi) is 4.98. The van der Waals surface area contributed by atoms with Crippen LogP contribution in [0.1, 0.15) is 50.9 Å². The third-order valence-corrected chi connectivity index (χ3v) is 4.63. The van der Waals surface area contributed by atoms with Gasteiger partial charge in [-0.2, -0.15) is 4.98 Å². The van der Waals surface area contributed by atoms with Crippen LogP contribution in [-0.2, 0) is 17.4 Å². The zero-order valence-corrected chi connectivity index (χ0v) is 15.8. The van der Waals surface area contributed by atoms with Gasteiger partial charge in [0, 0.05) is 24.4 Å². The maximum absolute atomic E-state index is 13.5. The smallest absolute Gasteiger partial charge is 0.232 e. The third kappa shape index (κ3) is 4.20. The Balaban J connectivity index is 1.55. The monoisotopic (exact) mass is 359 g/mol. The minimum Gasteiger partial charge on any atom is -0.356 e. The van der Waals surface area contributed by atoms with Crippen LogP contribution in [0.15, 0.2) is 33.8 Å². The molecule has 0 aliphatic heterocycles. The topological polar surface area (TPSA) is 75.3 Å². The molecule has 1 saturated carbocycles. The quantitative estimate of drug-likeness (QED) is 0.634. The first-order chi connectivity index (χ1) is 12.3. The number of aliphatic imine (C=N–C) groups is 1. The molecule has 0 atom stereocenters. The average molecular weight is 359 g/mol. The SMILES string of the molecule is CN=C(NCc1noc(C(C)(C)C)n1)NCC1(c2cccc(F)c2)CC1. The van der Waals surface area contributed by atoms with Gasteiger partial charge in [0.25, 0.3) is 0 Å². The van der Waals surface area contributed by atoms with Gasteiger partial charge in [-0.3, -0.25) is 4.99 Å². The molecule has 6 nitrogen and oxygen atoms in total. The summed E-state index contributed by atoms with van der Waals surface area (Å²) in [4.78, 5) is 8.64. The molecule has 0 amide bonds. The van der Waals surface area contributed by atoms with Crippen LogP contribution in [-0.4, -0.2) is 29.7 Å². The van der Waals surface area contributed by atoms with Crippen LogP contribution in [0.5, 0.6) is 0 Å². The fraction of sp³-hybridized carbons (Fsp3) is 0.526. The summed E-state index contributed by atoms with van der Waals surface area (Å²) >= 11 is 0. The Morgan fingerprint density at radius 3 is 2.65 bits per heavy atom. The first kappa shape index (κ1) is 18.4. The summed E-state index contributed by atoms with van der Waals surface area (Å²) in [6.45, 7) is 7.21. The third-order valence-electron chi connectivity index (χ3n) is 4.63. The predicted octanol–water partition coefficient (Wildman–Crippen LogP) is 2.90. The van der Waals surface area contributed by atoms with Gasteiger partial charge in [0.2, 0.25) is 5.89 Å². The van der Waals surface area contributed by atoms with E-state index in [1.165, 1.54) is 6.07 Å². The van der Waals surface area contributed by atoms with E-state index in [4.69, 9.17) is 4.52 Å². The van der Waals surface area contributed by atoms with Crippen molar-refractivity contribution in [3.05, 3.63) is 47.4 Å². The molecule has 0 radical (unpaired) electrons. The highest BCUT2D eigenvalue weighted by Crippen LogP contribution is 2.47. The van der Waals surface area contributed by atoms with Crippen LogP contribution in [0.25, 0.3) is 0 Å². The lowest BCUT2D eigenvalue weighted by Crippen LogP contribution is -2.41. The normalized spacial score (nSPS) is 16.4. The van der Waals surface area contributed by atoms with Gasteiger partial charge in [0.15, 0.2) is 11.8 Å². The summed E-state index contributed by atoms with van der Waals surface area (Å²) < 4.78 is 18.8. The first-order valence-electron chi connectivity index (χ1n) is 8.86. The molecule has 2 aromatic rings. The van der Waals surface area contributed by atoms with E-state index in [9.17, 15) is 4.39 Å². The Bertz CT molecular complexity index is 789. The van der Waals surface area contributed by atoms with Crippen LogP contribution in [0.3, 0.4) is 0 Å². The second kappa shape index (κ2) is 7.05. The standard InChI is InChI=1S/C19H26FN5O/c1-18(2,3)16-24-15(25-26-16)11-22-17(21-4)23-12-19(8-9-19)13-6-5-7-14(20)10-13/h5-7,10H,8-9,11-12H2,1-4H3,(H2,21,22,23). The maximum Gasteiger partial charge on any atom is 0.232 e. The first-order valence-corrected chi connectivity index (χ1v) is 8.86. The summed E-state index contributed by atoms with van der Waals surface area (Å²) in [6.07, 6.45) is 2.08. The minimum atomic E-state index is -0.192. The number of hydrogen-bond donors (Lipinski definition) is 2. The predicted molar refractivity (Wildman–Crippen MR) is 98.5 cm³/mol. The molecule has 0 unspecified atom stereocenters. The lowest BCUT2D eigenvalue weighted by atomic mass is 9.96. The molecule has 1 fully saturated rings. The van der Waals surface area contributed by atoms with Crippen molar-refractivity contribution in [3.8, 4) is 0 Å². The zero-order chi connectivity index (χ0) is 18.8. The molecule has 1 heterocycles. The number of hydrogen-bond acceptors (Lipinski definition) is 4. The molecular formula is C19H26FN5O. The molecule has 0 saturated heterocycles. The highest BCUT2D eigenvalue weighted by atomic mass is 19.1. The molecule has 1 aliphatic carbocycles. The molecule has 0 bridgehead atoms. The van der Waals surface area contributed by atoms with Crippen molar-refractivity contribution in [1.82, 2.24) is 20.8 Å². The number of nitrogens with zero attached hydrogens (tertiary/aromatic N) is 3.